The molecule has 0 aromatic carbocycles. The lowest BCUT2D eigenvalue weighted by Gasteiger charge is -2.11. The van der Waals surface area contributed by atoms with E-state index in [-0.39, 0.29) is 0 Å². The standard InChI is InChI=1S/C20H27N5S/c1-4-5-9-18-24-17-14-23-16(3)15(2)19(17)25(18)12-6-7-13-26-20-21-10-8-11-22-20/h8,10-11,14H,4-7,9,12-13H2,1-3H3. The molecule has 0 amide bonds. The Morgan fingerprint density at radius 1 is 1.04 bits per heavy atom. The SMILES string of the molecule is CCCCc1nc2cnc(C)c(C)c2n1CCCCSc1ncccn1. The fraction of sp³-hybridized carbons (Fsp3) is 0.500. The zero-order valence-electron chi connectivity index (χ0n) is 15.9. The molecule has 0 bridgehead atoms. The molecule has 6 heteroatoms. The molecule has 0 saturated heterocycles. The molecule has 0 saturated carbocycles. The van der Waals surface area contributed by atoms with E-state index < -0.39 is 0 Å². The molecule has 0 unspecified atom stereocenters. The largest absolute Gasteiger partial charge is 0.328 e. The number of pyridine rings is 1. The molecule has 3 aromatic heterocycles. The third kappa shape index (κ3) is 4.41. The third-order valence-electron chi connectivity index (χ3n) is 4.66. The predicted octanol–water partition coefficient (Wildman–Crippen LogP) is 4.75. The number of aryl methyl sites for hydroxylation is 4. The second-order valence-electron chi connectivity index (χ2n) is 6.57. The summed E-state index contributed by atoms with van der Waals surface area (Å²) in [5, 5.41) is 0.863. The van der Waals surface area contributed by atoms with Gasteiger partial charge in [0.25, 0.3) is 0 Å². The topological polar surface area (TPSA) is 56.5 Å². The molecular formula is C20H27N5S. The summed E-state index contributed by atoms with van der Waals surface area (Å²) in [6.45, 7) is 7.48. The molecule has 5 nitrogen and oxygen atoms in total. The van der Waals surface area contributed by atoms with Crippen LogP contribution in [0.2, 0.25) is 0 Å². The number of hydrogen-bond acceptors (Lipinski definition) is 5. The minimum absolute atomic E-state index is 0.863. The lowest BCUT2D eigenvalue weighted by Crippen LogP contribution is -2.06. The van der Waals surface area contributed by atoms with Gasteiger partial charge in [-0.25, -0.2) is 15.0 Å². The van der Waals surface area contributed by atoms with Gasteiger partial charge in [0.15, 0.2) is 5.16 Å². The highest BCUT2D eigenvalue weighted by molar-refractivity contribution is 7.99. The van der Waals surface area contributed by atoms with E-state index >= 15 is 0 Å². The monoisotopic (exact) mass is 369 g/mol. The number of rotatable bonds is 9. The van der Waals surface area contributed by atoms with Gasteiger partial charge in [-0.3, -0.25) is 4.98 Å². The van der Waals surface area contributed by atoms with Crippen LogP contribution in [0.4, 0.5) is 0 Å². The van der Waals surface area contributed by atoms with E-state index in [0.29, 0.717) is 0 Å². The van der Waals surface area contributed by atoms with E-state index in [4.69, 9.17) is 4.98 Å². The van der Waals surface area contributed by atoms with Crippen molar-refractivity contribution in [3.05, 3.63) is 41.7 Å². The molecule has 0 radical (unpaired) electrons. The summed E-state index contributed by atoms with van der Waals surface area (Å²) in [6, 6.07) is 1.85. The third-order valence-corrected chi connectivity index (χ3v) is 5.62. The molecular weight excluding hydrogens is 342 g/mol. The van der Waals surface area contributed by atoms with Crippen LogP contribution >= 0.6 is 11.8 Å². The van der Waals surface area contributed by atoms with Crippen molar-refractivity contribution in [1.29, 1.82) is 0 Å². The predicted molar refractivity (Wildman–Crippen MR) is 108 cm³/mol. The van der Waals surface area contributed by atoms with Crippen LogP contribution in [-0.4, -0.2) is 30.3 Å². The quantitative estimate of drug-likeness (QED) is 0.309. The van der Waals surface area contributed by atoms with E-state index in [9.17, 15) is 0 Å². The fourth-order valence-corrected chi connectivity index (χ4v) is 3.89. The minimum Gasteiger partial charge on any atom is -0.328 e. The maximum atomic E-state index is 4.87. The summed E-state index contributed by atoms with van der Waals surface area (Å²) < 4.78 is 2.43. The Morgan fingerprint density at radius 3 is 2.62 bits per heavy atom. The van der Waals surface area contributed by atoms with Gasteiger partial charge in [-0.2, -0.15) is 0 Å². The molecule has 138 valence electrons. The van der Waals surface area contributed by atoms with Crippen LogP contribution < -0.4 is 0 Å². The summed E-state index contributed by atoms with van der Waals surface area (Å²) >= 11 is 1.73. The van der Waals surface area contributed by atoms with E-state index in [0.717, 1.165) is 47.9 Å². The lowest BCUT2D eigenvalue weighted by atomic mass is 10.2. The Labute approximate surface area is 159 Å². The van der Waals surface area contributed by atoms with Crippen molar-refractivity contribution in [2.45, 2.75) is 64.6 Å². The maximum absolute atomic E-state index is 4.87. The minimum atomic E-state index is 0.863. The number of imidazole rings is 1. The molecule has 26 heavy (non-hydrogen) atoms. The molecule has 0 atom stereocenters. The summed E-state index contributed by atoms with van der Waals surface area (Å²) in [5.41, 5.74) is 4.65. The van der Waals surface area contributed by atoms with Crippen LogP contribution in [0.1, 0.15) is 49.7 Å². The Bertz CT molecular complexity index is 844. The van der Waals surface area contributed by atoms with Gasteiger partial charge in [0.05, 0.1) is 11.7 Å². The zero-order chi connectivity index (χ0) is 18.4. The van der Waals surface area contributed by atoms with E-state index in [1.165, 1.54) is 29.7 Å². The second-order valence-corrected chi connectivity index (χ2v) is 7.63. The van der Waals surface area contributed by atoms with Crippen LogP contribution in [0.3, 0.4) is 0 Å². The zero-order valence-corrected chi connectivity index (χ0v) is 16.7. The van der Waals surface area contributed by atoms with Gasteiger partial charge in [-0.1, -0.05) is 25.1 Å². The highest BCUT2D eigenvalue weighted by atomic mass is 32.2. The van der Waals surface area contributed by atoms with Crippen molar-refractivity contribution >= 4 is 22.8 Å². The van der Waals surface area contributed by atoms with Gasteiger partial charge in [0, 0.05) is 36.8 Å². The van der Waals surface area contributed by atoms with Crippen molar-refractivity contribution in [2.24, 2.45) is 0 Å². The summed E-state index contributed by atoms with van der Waals surface area (Å²) in [5.74, 6) is 2.25. The van der Waals surface area contributed by atoms with Crippen LogP contribution in [0.25, 0.3) is 11.0 Å². The average molecular weight is 370 g/mol. The van der Waals surface area contributed by atoms with Crippen molar-refractivity contribution in [2.75, 3.05) is 5.75 Å². The molecule has 3 aromatic rings. The molecule has 0 aliphatic rings. The number of fused-ring (bicyclic) bond motifs is 1. The van der Waals surface area contributed by atoms with Crippen molar-refractivity contribution in [1.82, 2.24) is 24.5 Å². The van der Waals surface area contributed by atoms with E-state index in [2.05, 4.69) is 40.3 Å². The molecule has 0 aliphatic carbocycles. The number of hydrogen-bond donors (Lipinski definition) is 0. The molecule has 0 N–H and O–H groups in total. The van der Waals surface area contributed by atoms with Crippen LogP contribution in [0.5, 0.6) is 0 Å². The first kappa shape index (κ1) is 18.8. The summed E-state index contributed by atoms with van der Waals surface area (Å²) in [6.07, 6.45) is 11.2. The first-order chi connectivity index (χ1) is 12.7. The van der Waals surface area contributed by atoms with Crippen LogP contribution in [-0.2, 0) is 13.0 Å². The highest BCUT2D eigenvalue weighted by Gasteiger charge is 2.14. The van der Waals surface area contributed by atoms with Crippen molar-refractivity contribution < 1.29 is 0 Å². The van der Waals surface area contributed by atoms with Crippen molar-refractivity contribution in [3.8, 4) is 0 Å². The first-order valence-electron chi connectivity index (χ1n) is 9.41. The maximum Gasteiger partial charge on any atom is 0.187 e. The Morgan fingerprint density at radius 2 is 1.85 bits per heavy atom. The van der Waals surface area contributed by atoms with Gasteiger partial charge in [-0.05, 0) is 44.7 Å². The number of thioether (sulfide) groups is 1. The van der Waals surface area contributed by atoms with Gasteiger partial charge in [0.2, 0.25) is 0 Å². The fourth-order valence-electron chi connectivity index (χ4n) is 3.09. The van der Waals surface area contributed by atoms with E-state index in [1.54, 1.807) is 24.2 Å². The molecule has 3 heterocycles. The first-order valence-corrected chi connectivity index (χ1v) is 10.4. The molecule has 0 aliphatic heterocycles. The van der Waals surface area contributed by atoms with Gasteiger partial charge in [-0.15, -0.1) is 0 Å². The van der Waals surface area contributed by atoms with Gasteiger partial charge in [0.1, 0.15) is 11.3 Å². The number of unbranched alkanes of at least 4 members (excludes halogenated alkanes) is 2. The number of aromatic nitrogens is 5. The van der Waals surface area contributed by atoms with Gasteiger partial charge < -0.3 is 4.57 Å². The summed E-state index contributed by atoms with van der Waals surface area (Å²) in [7, 11) is 0. The van der Waals surface area contributed by atoms with Crippen LogP contribution in [0.15, 0.2) is 29.8 Å². The Hall–Kier alpha value is -1.95. The normalized spacial score (nSPS) is 11.3. The summed E-state index contributed by atoms with van der Waals surface area (Å²) in [4.78, 5) is 17.9. The van der Waals surface area contributed by atoms with Crippen LogP contribution in [0, 0.1) is 13.8 Å². The number of nitrogens with zero attached hydrogens (tertiary/aromatic N) is 5. The Balaban J connectivity index is 1.68. The van der Waals surface area contributed by atoms with Gasteiger partial charge >= 0.3 is 0 Å². The molecule has 0 fully saturated rings. The Kier molecular flexibility index (Phi) is 6.61. The molecule has 3 rings (SSSR count). The second kappa shape index (κ2) is 9.12. The molecule has 0 spiro atoms. The highest BCUT2D eigenvalue weighted by Crippen LogP contribution is 2.23. The lowest BCUT2D eigenvalue weighted by molar-refractivity contribution is 0.605. The van der Waals surface area contributed by atoms with Crippen molar-refractivity contribution in [3.63, 3.8) is 0 Å². The smallest absolute Gasteiger partial charge is 0.187 e. The van der Waals surface area contributed by atoms with E-state index in [1.807, 2.05) is 12.3 Å². The average Bonchev–Trinajstić information content (AvgIpc) is 3.02.